The second kappa shape index (κ2) is 4.11. The summed E-state index contributed by atoms with van der Waals surface area (Å²) in [6.45, 7) is 0.728. The Balaban J connectivity index is 1.75. The fraction of sp³-hybridized carbons (Fsp3) is 0.600. The highest BCUT2D eigenvalue weighted by atomic mass is 16.6. The predicted molar refractivity (Wildman–Crippen MR) is 74.6 cm³/mol. The number of likely N-dealkylation sites (N-methyl/N-ethyl adjacent to an activating group) is 1. The third-order valence-electron chi connectivity index (χ3n) is 5.10. The molecule has 1 aliphatic carbocycles. The second-order valence-corrected chi connectivity index (χ2v) is 6.16. The van der Waals surface area contributed by atoms with Crippen LogP contribution in [-0.4, -0.2) is 47.3 Å². The maximum Gasteiger partial charge on any atom is 0.410 e. The number of hydrogen-bond donors (Lipinski definition) is 0. The van der Waals surface area contributed by atoms with Crippen molar-refractivity contribution < 1.29 is 9.53 Å². The Hall–Kier alpha value is -1.78. The number of rotatable bonds is 1. The summed E-state index contributed by atoms with van der Waals surface area (Å²) >= 11 is 0. The van der Waals surface area contributed by atoms with Gasteiger partial charge in [-0.15, -0.1) is 0 Å². The van der Waals surface area contributed by atoms with E-state index in [4.69, 9.17) is 4.74 Å². The minimum absolute atomic E-state index is 0.178. The maximum atomic E-state index is 11.9. The van der Waals surface area contributed by atoms with Crippen LogP contribution in [0.5, 0.6) is 0 Å². The van der Waals surface area contributed by atoms with E-state index in [9.17, 15) is 4.79 Å². The van der Waals surface area contributed by atoms with E-state index in [-0.39, 0.29) is 17.7 Å². The summed E-state index contributed by atoms with van der Waals surface area (Å²) in [6, 6.07) is 6.78. The summed E-state index contributed by atoms with van der Waals surface area (Å²) < 4.78 is 5.85. The molecule has 3 aliphatic heterocycles. The molecule has 3 saturated heterocycles. The molecule has 4 fully saturated rings. The largest absolute Gasteiger partial charge is 0.441 e. The number of carbonyl (C=O) groups is 1. The normalized spacial score (nSPS) is 35.8. The third kappa shape index (κ3) is 1.55. The first-order chi connectivity index (χ1) is 9.70. The number of pyridine rings is 1. The van der Waals surface area contributed by atoms with Crippen LogP contribution in [0.15, 0.2) is 24.4 Å². The molecular weight excluding hydrogens is 254 g/mol. The summed E-state index contributed by atoms with van der Waals surface area (Å²) in [7, 11) is 1.81. The van der Waals surface area contributed by atoms with E-state index in [1.807, 2.05) is 25.4 Å². The number of anilines is 1. The van der Waals surface area contributed by atoms with Crippen LogP contribution in [0.25, 0.3) is 0 Å². The highest BCUT2D eigenvalue weighted by molar-refractivity contribution is 5.70. The molecule has 5 heteroatoms. The van der Waals surface area contributed by atoms with Gasteiger partial charge in [0.05, 0.1) is 6.04 Å². The highest BCUT2D eigenvalue weighted by Gasteiger charge is 2.58. The zero-order chi connectivity index (χ0) is 13.7. The van der Waals surface area contributed by atoms with E-state index in [0.717, 1.165) is 38.0 Å². The van der Waals surface area contributed by atoms with Gasteiger partial charge in [0, 0.05) is 25.8 Å². The molecule has 106 valence electrons. The van der Waals surface area contributed by atoms with Crippen LogP contribution in [0.4, 0.5) is 10.6 Å². The molecule has 2 bridgehead atoms. The molecule has 1 aromatic rings. The lowest BCUT2D eigenvalue weighted by Gasteiger charge is -2.60. The van der Waals surface area contributed by atoms with Gasteiger partial charge >= 0.3 is 6.09 Å². The van der Waals surface area contributed by atoms with Crippen LogP contribution in [0.3, 0.4) is 0 Å². The molecule has 0 radical (unpaired) electrons. The molecule has 4 aliphatic rings. The topological polar surface area (TPSA) is 45.7 Å². The Bertz CT molecular complexity index is 525. The molecule has 5 nitrogen and oxygen atoms in total. The van der Waals surface area contributed by atoms with Crippen LogP contribution < -0.4 is 4.90 Å². The van der Waals surface area contributed by atoms with Crippen LogP contribution in [0.2, 0.25) is 0 Å². The van der Waals surface area contributed by atoms with Gasteiger partial charge in [0.2, 0.25) is 0 Å². The quantitative estimate of drug-likeness (QED) is 0.785. The Morgan fingerprint density at radius 2 is 2.15 bits per heavy atom. The summed E-state index contributed by atoms with van der Waals surface area (Å²) in [5.41, 5.74) is -0.296. The van der Waals surface area contributed by atoms with Gasteiger partial charge in [-0.1, -0.05) is 6.07 Å². The average Bonchev–Trinajstić information content (AvgIpc) is 2.48. The molecule has 20 heavy (non-hydrogen) atoms. The molecule has 1 unspecified atom stereocenters. The Kier molecular flexibility index (Phi) is 2.46. The fourth-order valence-corrected chi connectivity index (χ4v) is 4.07. The molecule has 4 heterocycles. The molecular formula is C15H19N3O2. The van der Waals surface area contributed by atoms with Crippen molar-refractivity contribution >= 4 is 11.9 Å². The summed E-state index contributed by atoms with van der Waals surface area (Å²) in [4.78, 5) is 20.5. The highest BCUT2D eigenvalue weighted by Crippen LogP contribution is 2.48. The van der Waals surface area contributed by atoms with E-state index in [0.29, 0.717) is 6.04 Å². The predicted octanol–water partition coefficient (Wildman–Crippen LogP) is 2.03. The summed E-state index contributed by atoms with van der Waals surface area (Å²) in [6.07, 6.45) is 5.82. The van der Waals surface area contributed by atoms with E-state index >= 15 is 0 Å². The minimum atomic E-state index is -0.296. The molecule has 1 amide bonds. The number of piperidine rings is 2. The lowest BCUT2D eigenvalue weighted by Crippen LogP contribution is -2.72. The van der Waals surface area contributed by atoms with Crippen LogP contribution >= 0.6 is 0 Å². The SMILES string of the molecule is CN1CC2N(c3ccccn3)C3CCC2(CC3)OC1=O. The molecule has 1 aromatic heterocycles. The minimum Gasteiger partial charge on any atom is -0.441 e. The van der Waals surface area contributed by atoms with Crippen molar-refractivity contribution in [2.75, 3.05) is 18.5 Å². The molecule has 1 spiro atoms. The first kappa shape index (κ1) is 12.0. The van der Waals surface area contributed by atoms with Gasteiger partial charge in [-0.3, -0.25) is 0 Å². The number of fused-ring (bicyclic) bond motifs is 2. The van der Waals surface area contributed by atoms with Crippen LogP contribution in [-0.2, 0) is 4.74 Å². The second-order valence-electron chi connectivity index (χ2n) is 6.16. The van der Waals surface area contributed by atoms with Crippen LogP contribution in [0, 0.1) is 0 Å². The van der Waals surface area contributed by atoms with Crippen molar-refractivity contribution in [1.29, 1.82) is 0 Å². The maximum absolute atomic E-state index is 11.9. The number of aromatic nitrogens is 1. The van der Waals surface area contributed by atoms with Crippen molar-refractivity contribution in [3.8, 4) is 0 Å². The van der Waals surface area contributed by atoms with Crippen molar-refractivity contribution in [2.24, 2.45) is 0 Å². The molecule has 1 saturated carbocycles. The zero-order valence-electron chi connectivity index (χ0n) is 11.7. The van der Waals surface area contributed by atoms with Crippen LogP contribution in [0.1, 0.15) is 25.7 Å². The van der Waals surface area contributed by atoms with Gasteiger partial charge in [-0.2, -0.15) is 0 Å². The number of carbonyl (C=O) groups excluding carboxylic acids is 1. The van der Waals surface area contributed by atoms with E-state index in [1.54, 1.807) is 4.90 Å². The number of hydrogen-bond acceptors (Lipinski definition) is 4. The van der Waals surface area contributed by atoms with Crippen molar-refractivity contribution in [3.63, 3.8) is 0 Å². The van der Waals surface area contributed by atoms with Gasteiger partial charge in [0.1, 0.15) is 11.4 Å². The van der Waals surface area contributed by atoms with Gasteiger partial charge < -0.3 is 14.5 Å². The first-order valence-corrected chi connectivity index (χ1v) is 7.33. The van der Waals surface area contributed by atoms with Gasteiger partial charge in [-0.25, -0.2) is 9.78 Å². The van der Waals surface area contributed by atoms with E-state index in [2.05, 4.69) is 16.0 Å². The van der Waals surface area contributed by atoms with E-state index < -0.39 is 0 Å². The zero-order valence-corrected chi connectivity index (χ0v) is 11.7. The van der Waals surface area contributed by atoms with Gasteiger partial charge in [-0.05, 0) is 37.8 Å². The summed E-state index contributed by atoms with van der Waals surface area (Å²) in [5, 5.41) is 0. The lowest BCUT2D eigenvalue weighted by atomic mass is 9.70. The molecule has 0 aromatic carbocycles. The number of amides is 1. The number of nitrogens with zero attached hydrogens (tertiary/aromatic N) is 3. The lowest BCUT2D eigenvalue weighted by molar-refractivity contribution is -0.104. The summed E-state index contributed by atoms with van der Waals surface area (Å²) in [5.74, 6) is 1.01. The monoisotopic (exact) mass is 273 g/mol. The van der Waals surface area contributed by atoms with Gasteiger partial charge in [0.25, 0.3) is 0 Å². The molecule has 0 N–H and O–H groups in total. The Morgan fingerprint density at radius 3 is 2.85 bits per heavy atom. The number of ether oxygens (including phenoxy) is 1. The van der Waals surface area contributed by atoms with Crippen molar-refractivity contribution in [2.45, 2.75) is 43.4 Å². The third-order valence-corrected chi connectivity index (χ3v) is 5.10. The average molecular weight is 273 g/mol. The smallest absolute Gasteiger partial charge is 0.410 e. The van der Waals surface area contributed by atoms with Gasteiger partial charge in [0.15, 0.2) is 0 Å². The van der Waals surface area contributed by atoms with Crippen molar-refractivity contribution in [3.05, 3.63) is 24.4 Å². The Labute approximate surface area is 118 Å². The fourth-order valence-electron chi connectivity index (χ4n) is 4.07. The molecule has 1 atom stereocenters. The Morgan fingerprint density at radius 1 is 1.35 bits per heavy atom. The standard InChI is InChI=1S/C15H19N3O2/c1-17-10-12-15(20-14(17)19)7-5-11(6-8-15)18(12)13-4-2-3-9-16-13/h2-4,9,11-12H,5-8,10H2,1H3. The molecule has 5 rings (SSSR count). The van der Waals surface area contributed by atoms with E-state index in [1.165, 1.54) is 0 Å². The van der Waals surface area contributed by atoms with Crippen molar-refractivity contribution in [1.82, 2.24) is 9.88 Å². The first-order valence-electron chi connectivity index (χ1n) is 7.33.